The van der Waals surface area contributed by atoms with Gasteiger partial charge in [-0.15, -0.1) is 0 Å². The molecule has 0 bridgehead atoms. The Balaban J connectivity index is 1.48. The zero-order valence-electron chi connectivity index (χ0n) is 13.6. The molecule has 5 heteroatoms. The Bertz CT molecular complexity index is 726. The number of aryl methyl sites for hydroxylation is 1. The van der Waals surface area contributed by atoms with Gasteiger partial charge < -0.3 is 5.32 Å². The Morgan fingerprint density at radius 1 is 1.26 bits per heavy atom. The van der Waals surface area contributed by atoms with Crippen molar-refractivity contribution in [3.05, 3.63) is 34.6 Å². The minimum absolute atomic E-state index is 0.0623. The summed E-state index contributed by atoms with van der Waals surface area (Å²) in [5.74, 6) is 0.918. The SMILES string of the molecule is CC1CCC(NC(=O)CCCn2sc3ccccc3c2=O)CC1. The predicted octanol–water partition coefficient (Wildman–Crippen LogP) is 3.54. The normalized spacial score (nSPS) is 21.4. The Hall–Kier alpha value is -1.62. The van der Waals surface area contributed by atoms with E-state index in [1.54, 1.807) is 3.96 Å². The van der Waals surface area contributed by atoms with Crippen LogP contribution in [0.4, 0.5) is 0 Å². The molecular weight excluding hydrogens is 308 g/mol. The summed E-state index contributed by atoms with van der Waals surface area (Å²) < 4.78 is 2.78. The molecule has 0 atom stereocenters. The predicted molar refractivity (Wildman–Crippen MR) is 94.9 cm³/mol. The molecule has 1 aliphatic rings. The summed E-state index contributed by atoms with van der Waals surface area (Å²) in [4.78, 5) is 24.3. The molecule has 1 aromatic heterocycles. The van der Waals surface area contributed by atoms with Crippen molar-refractivity contribution in [3.8, 4) is 0 Å². The van der Waals surface area contributed by atoms with Gasteiger partial charge in [0.25, 0.3) is 5.56 Å². The first-order valence-electron chi connectivity index (χ1n) is 8.51. The number of hydrogen-bond donors (Lipinski definition) is 1. The van der Waals surface area contributed by atoms with E-state index in [0.717, 1.165) is 28.8 Å². The van der Waals surface area contributed by atoms with Crippen molar-refractivity contribution in [1.82, 2.24) is 9.27 Å². The van der Waals surface area contributed by atoms with Crippen LogP contribution in [-0.2, 0) is 11.3 Å². The molecule has 1 N–H and O–H groups in total. The highest BCUT2D eigenvalue weighted by Crippen LogP contribution is 2.23. The first kappa shape index (κ1) is 16.2. The monoisotopic (exact) mass is 332 g/mol. The summed E-state index contributed by atoms with van der Waals surface area (Å²) in [6, 6.07) is 8.02. The van der Waals surface area contributed by atoms with Crippen molar-refractivity contribution in [2.45, 2.75) is 58.0 Å². The van der Waals surface area contributed by atoms with Gasteiger partial charge in [0.1, 0.15) is 0 Å². The number of carbonyl (C=O) groups is 1. The van der Waals surface area contributed by atoms with Crippen LogP contribution in [0.3, 0.4) is 0 Å². The average molecular weight is 332 g/mol. The minimum Gasteiger partial charge on any atom is -0.353 e. The molecular formula is C18H24N2O2S. The van der Waals surface area contributed by atoms with Crippen LogP contribution in [-0.4, -0.2) is 15.9 Å². The Labute approximate surface area is 140 Å². The average Bonchev–Trinajstić information content (AvgIpc) is 2.86. The number of benzene rings is 1. The van der Waals surface area contributed by atoms with E-state index in [4.69, 9.17) is 0 Å². The fraction of sp³-hybridized carbons (Fsp3) is 0.556. The summed E-state index contributed by atoms with van der Waals surface area (Å²) in [5, 5.41) is 3.92. The molecule has 0 saturated heterocycles. The zero-order valence-corrected chi connectivity index (χ0v) is 14.4. The summed E-state index contributed by atoms with van der Waals surface area (Å²) in [6.45, 7) is 2.90. The smallest absolute Gasteiger partial charge is 0.268 e. The Morgan fingerprint density at radius 2 is 2.00 bits per heavy atom. The number of carbonyl (C=O) groups excluding carboxylic acids is 1. The molecule has 1 aromatic carbocycles. The van der Waals surface area contributed by atoms with Crippen LogP contribution < -0.4 is 10.9 Å². The molecule has 1 amide bonds. The standard InChI is InChI=1S/C18H24N2O2S/c1-13-8-10-14(11-9-13)19-17(21)7-4-12-20-18(22)15-5-2-3-6-16(15)23-20/h2-3,5-6,13-14H,4,7-12H2,1H3,(H,19,21). The van der Waals surface area contributed by atoms with Crippen LogP contribution in [0.1, 0.15) is 45.4 Å². The van der Waals surface area contributed by atoms with Crippen LogP contribution in [0, 0.1) is 5.92 Å². The van der Waals surface area contributed by atoms with E-state index in [0.29, 0.717) is 25.4 Å². The molecule has 1 saturated carbocycles. The number of amides is 1. The number of nitrogens with one attached hydrogen (secondary N) is 1. The van der Waals surface area contributed by atoms with Crippen molar-refractivity contribution in [2.75, 3.05) is 0 Å². The van der Waals surface area contributed by atoms with Gasteiger partial charge in [-0.1, -0.05) is 30.6 Å². The lowest BCUT2D eigenvalue weighted by atomic mass is 9.87. The van der Waals surface area contributed by atoms with Crippen molar-refractivity contribution in [1.29, 1.82) is 0 Å². The Kier molecular flexibility index (Phi) is 5.16. The maximum atomic E-state index is 12.2. The second-order valence-corrected chi connectivity index (χ2v) is 7.69. The first-order valence-corrected chi connectivity index (χ1v) is 9.29. The third kappa shape index (κ3) is 4.02. The van der Waals surface area contributed by atoms with Crippen LogP contribution in [0.15, 0.2) is 29.1 Å². The largest absolute Gasteiger partial charge is 0.353 e. The molecule has 0 aliphatic heterocycles. The molecule has 1 aliphatic carbocycles. The van der Waals surface area contributed by atoms with E-state index in [1.807, 2.05) is 24.3 Å². The van der Waals surface area contributed by atoms with Crippen molar-refractivity contribution in [3.63, 3.8) is 0 Å². The molecule has 124 valence electrons. The zero-order chi connectivity index (χ0) is 16.2. The topological polar surface area (TPSA) is 51.1 Å². The highest BCUT2D eigenvalue weighted by atomic mass is 32.1. The Morgan fingerprint density at radius 3 is 2.74 bits per heavy atom. The second-order valence-electron chi connectivity index (χ2n) is 6.62. The van der Waals surface area contributed by atoms with Crippen LogP contribution in [0.25, 0.3) is 10.1 Å². The molecule has 1 fully saturated rings. The number of fused-ring (bicyclic) bond motifs is 1. The van der Waals surface area contributed by atoms with Crippen molar-refractivity contribution < 1.29 is 4.79 Å². The van der Waals surface area contributed by atoms with Crippen LogP contribution >= 0.6 is 11.5 Å². The molecule has 0 radical (unpaired) electrons. The third-order valence-corrected chi connectivity index (χ3v) is 5.82. The maximum absolute atomic E-state index is 12.2. The summed E-state index contributed by atoms with van der Waals surface area (Å²) in [6.07, 6.45) is 5.82. The van der Waals surface area contributed by atoms with E-state index >= 15 is 0 Å². The van der Waals surface area contributed by atoms with E-state index in [-0.39, 0.29) is 11.5 Å². The number of hydrogen-bond acceptors (Lipinski definition) is 3. The van der Waals surface area contributed by atoms with Gasteiger partial charge in [-0.2, -0.15) is 0 Å². The molecule has 23 heavy (non-hydrogen) atoms. The second kappa shape index (κ2) is 7.30. The third-order valence-electron chi connectivity index (χ3n) is 4.70. The summed E-state index contributed by atoms with van der Waals surface area (Å²) in [7, 11) is 0. The van der Waals surface area contributed by atoms with Gasteiger partial charge in [0, 0.05) is 19.0 Å². The molecule has 2 aromatic rings. The van der Waals surface area contributed by atoms with E-state index in [9.17, 15) is 9.59 Å². The minimum atomic E-state index is 0.0623. The van der Waals surface area contributed by atoms with Crippen LogP contribution in [0.2, 0.25) is 0 Å². The molecule has 0 spiro atoms. The van der Waals surface area contributed by atoms with E-state index < -0.39 is 0 Å². The highest BCUT2D eigenvalue weighted by molar-refractivity contribution is 7.13. The summed E-state index contributed by atoms with van der Waals surface area (Å²) in [5.41, 5.74) is 0.0623. The van der Waals surface area contributed by atoms with Crippen molar-refractivity contribution in [2.24, 2.45) is 5.92 Å². The number of nitrogens with zero attached hydrogens (tertiary/aromatic N) is 1. The fourth-order valence-electron chi connectivity index (χ4n) is 3.25. The molecule has 0 unspecified atom stereocenters. The summed E-state index contributed by atoms with van der Waals surface area (Å²) >= 11 is 1.48. The fourth-order valence-corrected chi connectivity index (χ4v) is 4.28. The number of rotatable bonds is 5. The quantitative estimate of drug-likeness (QED) is 0.910. The number of aromatic nitrogens is 1. The van der Waals surface area contributed by atoms with Gasteiger partial charge in [0.15, 0.2) is 0 Å². The van der Waals surface area contributed by atoms with Gasteiger partial charge in [-0.25, -0.2) is 0 Å². The van der Waals surface area contributed by atoms with E-state index in [1.165, 1.54) is 24.4 Å². The lowest BCUT2D eigenvalue weighted by Gasteiger charge is -2.26. The van der Waals surface area contributed by atoms with Gasteiger partial charge >= 0.3 is 0 Å². The molecule has 3 rings (SSSR count). The van der Waals surface area contributed by atoms with Gasteiger partial charge in [-0.05, 0) is 50.2 Å². The van der Waals surface area contributed by atoms with Gasteiger partial charge in [0.2, 0.25) is 5.91 Å². The van der Waals surface area contributed by atoms with E-state index in [2.05, 4.69) is 12.2 Å². The van der Waals surface area contributed by atoms with Crippen LogP contribution in [0.5, 0.6) is 0 Å². The van der Waals surface area contributed by atoms with Gasteiger partial charge in [-0.3, -0.25) is 13.5 Å². The van der Waals surface area contributed by atoms with Gasteiger partial charge in [0.05, 0.1) is 10.1 Å². The molecule has 1 heterocycles. The molecule has 4 nitrogen and oxygen atoms in total. The van der Waals surface area contributed by atoms with Crippen molar-refractivity contribution >= 4 is 27.5 Å². The maximum Gasteiger partial charge on any atom is 0.268 e. The highest BCUT2D eigenvalue weighted by Gasteiger charge is 2.19. The first-order chi connectivity index (χ1) is 11.1. The lowest BCUT2D eigenvalue weighted by molar-refractivity contribution is -0.122. The lowest BCUT2D eigenvalue weighted by Crippen LogP contribution is -2.37.